The van der Waals surface area contributed by atoms with E-state index in [9.17, 15) is 14.9 Å². The van der Waals surface area contributed by atoms with Crippen LogP contribution in [-0.4, -0.2) is 35.3 Å². The van der Waals surface area contributed by atoms with Crippen LogP contribution in [0.25, 0.3) is 0 Å². The molecule has 21 heavy (non-hydrogen) atoms. The average Bonchev–Trinajstić information content (AvgIpc) is 3.02. The van der Waals surface area contributed by atoms with Gasteiger partial charge >= 0.3 is 0 Å². The van der Waals surface area contributed by atoms with Crippen LogP contribution in [0.2, 0.25) is 0 Å². The van der Waals surface area contributed by atoms with Gasteiger partial charge in [0.05, 0.1) is 12.0 Å². The summed E-state index contributed by atoms with van der Waals surface area (Å²) in [5, 5.41) is 12.0. The van der Waals surface area contributed by atoms with Gasteiger partial charge in [0.25, 0.3) is 0 Å². The maximum atomic E-state index is 12.3. The molecule has 0 bridgehead atoms. The van der Waals surface area contributed by atoms with Crippen molar-refractivity contribution in [1.82, 2.24) is 10.2 Å². The molecule has 2 amide bonds. The van der Waals surface area contributed by atoms with Gasteiger partial charge in [-0.1, -0.05) is 33.6 Å². The number of carbonyl (C=O) groups is 2. The summed E-state index contributed by atoms with van der Waals surface area (Å²) in [5.41, 5.74) is -0.307. The van der Waals surface area contributed by atoms with Crippen molar-refractivity contribution < 1.29 is 9.59 Å². The van der Waals surface area contributed by atoms with E-state index in [1.54, 1.807) is 0 Å². The molecule has 0 aromatic heterocycles. The molecule has 0 spiro atoms. The Hall–Kier alpha value is -1.57. The molecule has 0 aromatic rings. The number of likely N-dealkylation sites (tertiary alicyclic amines) is 1. The molecule has 2 fully saturated rings. The summed E-state index contributed by atoms with van der Waals surface area (Å²) in [6, 6.07) is 1.94. The highest BCUT2D eigenvalue weighted by molar-refractivity contribution is 5.89. The summed E-state index contributed by atoms with van der Waals surface area (Å²) >= 11 is 0. The molecule has 0 radical (unpaired) electrons. The van der Waals surface area contributed by atoms with Crippen LogP contribution in [0.1, 0.15) is 52.9 Å². The van der Waals surface area contributed by atoms with Crippen molar-refractivity contribution in [3.8, 4) is 6.07 Å². The molecule has 1 aliphatic carbocycles. The lowest BCUT2D eigenvalue weighted by molar-refractivity contribution is -0.130. The second-order valence-corrected chi connectivity index (χ2v) is 7.32. The lowest BCUT2D eigenvalue weighted by Gasteiger charge is -2.27. The number of hydrogen-bond donors (Lipinski definition) is 1. The fraction of sp³-hybridized carbons (Fsp3) is 0.812. The van der Waals surface area contributed by atoms with Crippen LogP contribution in [0, 0.1) is 22.7 Å². The third-order valence-electron chi connectivity index (χ3n) is 4.58. The Kier molecular flexibility index (Phi) is 4.55. The number of hydrogen-bond acceptors (Lipinski definition) is 3. The second kappa shape index (κ2) is 6.05. The van der Waals surface area contributed by atoms with E-state index in [0.29, 0.717) is 12.6 Å². The lowest BCUT2D eigenvalue weighted by Crippen LogP contribution is -2.46. The minimum absolute atomic E-state index is 0.0892. The van der Waals surface area contributed by atoms with Crippen LogP contribution < -0.4 is 5.32 Å². The van der Waals surface area contributed by atoms with Crippen molar-refractivity contribution in [3.63, 3.8) is 0 Å². The van der Waals surface area contributed by atoms with Crippen LogP contribution in [0.4, 0.5) is 0 Å². The largest absolute Gasteiger partial charge is 0.340 e. The van der Waals surface area contributed by atoms with E-state index in [2.05, 4.69) is 11.4 Å². The fourth-order valence-corrected chi connectivity index (χ4v) is 3.18. The normalized spacial score (nSPS) is 25.0. The van der Waals surface area contributed by atoms with Crippen molar-refractivity contribution in [2.24, 2.45) is 11.3 Å². The van der Waals surface area contributed by atoms with Crippen LogP contribution in [0.15, 0.2) is 0 Å². The molecule has 116 valence electrons. The summed E-state index contributed by atoms with van der Waals surface area (Å²) in [6.07, 6.45) is 4.74. The van der Waals surface area contributed by atoms with Crippen molar-refractivity contribution in [2.45, 2.75) is 65.0 Å². The van der Waals surface area contributed by atoms with Gasteiger partial charge in [-0.15, -0.1) is 0 Å². The van der Waals surface area contributed by atoms with E-state index in [4.69, 9.17) is 0 Å². The Bertz CT molecular complexity index is 455. The molecular formula is C16H25N3O2. The molecule has 2 atom stereocenters. The molecule has 5 heteroatoms. The predicted octanol–water partition coefficient (Wildman–Crippen LogP) is 1.83. The molecule has 1 aliphatic heterocycles. The van der Waals surface area contributed by atoms with Gasteiger partial charge in [0.15, 0.2) is 0 Å². The third kappa shape index (κ3) is 3.55. The topological polar surface area (TPSA) is 73.2 Å². The van der Waals surface area contributed by atoms with Gasteiger partial charge in [-0.25, -0.2) is 0 Å². The van der Waals surface area contributed by atoms with Gasteiger partial charge < -0.3 is 10.2 Å². The Balaban J connectivity index is 1.95. The van der Waals surface area contributed by atoms with E-state index < -0.39 is 6.04 Å². The van der Waals surface area contributed by atoms with Gasteiger partial charge in [-0.05, 0) is 18.3 Å². The van der Waals surface area contributed by atoms with Crippen LogP contribution in [-0.2, 0) is 9.59 Å². The zero-order valence-electron chi connectivity index (χ0n) is 13.2. The van der Waals surface area contributed by atoms with Gasteiger partial charge in [0.1, 0.15) is 6.04 Å². The Morgan fingerprint density at radius 3 is 2.52 bits per heavy atom. The number of rotatable bonds is 3. The van der Waals surface area contributed by atoms with E-state index in [-0.39, 0.29) is 29.6 Å². The maximum Gasteiger partial charge on any atom is 0.226 e. The molecule has 2 rings (SSSR count). The highest BCUT2D eigenvalue weighted by Gasteiger charge is 2.39. The van der Waals surface area contributed by atoms with Crippen LogP contribution >= 0.6 is 0 Å². The van der Waals surface area contributed by atoms with Crippen molar-refractivity contribution in [3.05, 3.63) is 0 Å². The zero-order chi connectivity index (χ0) is 15.6. The minimum atomic E-state index is -0.527. The Morgan fingerprint density at radius 2 is 2.00 bits per heavy atom. The fourth-order valence-electron chi connectivity index (χ4n) is 3.18. The Labute approximate surface area is 126 Å². The highest BCUT2D eigenvalue weighted by atomic mass is 16.2. The number of carbonyl (C=O) groups excluding carboxylic acids is 2. The van der Waals surface area contributed by atoms with Crippen molar-refractivity contribution in [2.75, 3.05) is 6.54 Å². The minimum Gasteiger partial charge on any atom is -0.340 e. The maximum absolute atomic E-state index is 12.3. The van der Waals surface area contributed by atoms with Gasteiger partial charge in [0.2, 0.25) is 11.8 Å². The molecule has 5 nitrogen and oxygen atoms in total. The van der Waals surface area contributed by atoms with E-state index in [1.165, 1.54) is 12.8 Å². The number of amides is 2. The third-order valence-corrected chi connectivity index (χ3v) is 4.58. The first-order chi connectivity index (χ1) is 9.82. The van der Waals surface area contributed by atoms with Crippen LogP contribution in [0.5, 0.6) is 0 Å². The molecule has 1 heterocycles. The number of nitrogens with one attached hydrogen (secondary N) is 1. The smallest absolute Gasteiger partial charge is 0.226 e. The van der Waals surface area contributed by atoms with Gasteiger partial charge in [0, 0.05) is 19.0 Å². The summed E-state index contributed by atoms with van der Waals surface area (Å²) in [5.74, 6) is -0.382. The molecule has 2 aliphatic rings. The van der Waals surface area contributed by atoms with Crippen molar-refractivity contribution in [1.29, 1.82) is 5.26 Å². The van der Waals surface area contributed by atoms with Gasteiger partial charge in [-0.2, -0.15) is 5.26 Å². The van der Waals surface area contributed by atoms with E-state index in [0.717, 1.165) is 12.8 Å². The van der Waals surface area contributed by atoms with Gasteiger partial charge in [-0.3, -0.25) is 9.59 Å². The molecule has 1 saturated carbocycles. The monoisotopic (exact) mass is 291 g/mol. The van der Waals surface area contributed by atoms with Crippen LogP contribution in [0.3, 0.4) is 0 Å². The predicted molar refractivity (Wildman–Crippen MR) is 79.1 cm³/mol. The summed E-state index contributed by atoms with van der Waals surface area (Å²) in [4.78, 5) is 26.3. The number of nitrogens with zero attached hydrogens (tertiary/aromatic N) is 2. The number of nitriles is 1. The lowest BCUT2D eigenvalue weighted by atomic mass is 9.87. The zero-order valence-corrected chi connectivity index (χ0v) is 13.2. The average molecular weight is 291 g/mol. The first-order valence-electron chi connectivity index (χ1n) is 7.82. The first kappa shape index (κ1) is 15.8. The molecule has 1 saturated heterocycles. The van der Waals surface area contributed by atoms with E-state index >= 15 is 0 Å². The quantitative estimate of drug-likeness (QED) is 0.862. The Morgan fingerprint density at radius 1 is 1.38 bits per heavy atom. The summed E-state index contributed by atoms with van der Waals surface area (Å²) in [6.45, 7) is 6.28. The first-order valence-corrected chi connectivity index (χ1v) is 7.82. The second-order valence-electron chi connectivity index (χ2n) is 7.32. The highest BCUT2D eigenvalue weighted by Crippen LogP contribution is 2.30. The molecule has 1 N–H and O–H groups in total. The molecule has 2 unspecified atom stereocenters. The SMILES string of the molecule is CC(C)(C)C(C#N)NC(=O)C1CC(=O)N(C2CCCC2)C1. The molecule has 0 aromatic carbocycles. The van der Waals surface area contributed by atoms with E-state index in [1.807, 2.05) is 25.7 Å². The standard InChI is InChI=1S/C16H25N3O2/c1-16(2,3)13(9-17)18-15(21)11-8-14(20)19(10-11)12-6-4-5-7-12/h11-13H,4-8,10H2,1-3H3,(H,18,21). The van der Waals surface area contributed by atoms with Crippen molar-refractivity contribution >= 4 is 11.8 Å². The summed E-state index contributed by atoms with van der Waals surface area (Å²) in [7, 11) is 0. The summed E-state index contributed by atoms with van der Waals surface area (Å²) < 4.78 is 0. The molecular weight excluding hydrogens is 266 g/mol.